The molecule has 0 heterocycles. The molecule has 29 heavy (non-hydrogen) atoms. The molecule has 1 atom stereocenters. The molecule has 1 amide bonds. The Morgan fingerprint density at radius 3 is 2.38 bits per heavy atom. The van der Waals surface area contributed by atoms with Crippen molar-refractivity contribution in [3.8, 4) is 5.75 Å². The minimum atomic E-state index is -3.76. The van der Waals surface area contributed by atoms with Crippen LogP contribution in [0.1, 0.15) is 31.9 Å². The van der Waals surface area contributed by atoms with Gasteiger partial charge in [-0.05, 0) is 55.8 Å². The van der Waals surface area contributed by atoms with E-state index in [1.807, 2.05) is 6.92 Å². The molecule has 0 aromatic heterocycles. The molecule has 9 heteroatoms. The van der Waals surface area contributed by atoms with E-state index in [1.54, 1.807) is 19.1 Å². The quantitative estimate of drug-likeness (QED) is 0.668. The zero-order valence-corrected chi connectivity index (χ0v) is 17.3. The van der Waals surface area contributed by atoms with Crippen LogP contribution in [0.5, 0.6) is 5.75 Å². The SMILES string of the molecule is CCOc1ccc(S(=O)(=O)NCCC(=O)N(C)C(C)c2ccc(F)c(F)c2)cc1. The van der Waals surface area contributed by atoms with Crippen LogP contribution in [0.2, 0.25) is 0 Å². The highest BCUT2D eigenvalue weighted by Crippen LogP contribution is 2.21. The molecule has 0 saturated heterocycles. The van der Waals surface area contributed by atoms with Crippen LogP contribution in [0.15, 0.2) is 47.4 Å². The highest BCUT2D eigenvalue weighted by atomic mass is 32.2. The molecule has 0 radical (unpaired) electrons. The number of sulfonamides is 1. The van der Waals surface area contributed by atoms with E-state index in [4.69, 9.17) is 4.74 Å². The predicted molar refractivity (Wildman–Crippen MR) is 105 cm³/mol. The molecule has 0 spiro atoms. The molecular weight excluding hydrogens is 402 g/mol. The number of hydrogen-bond donors (Lipinski definition) is 1. The summed E-state index contributed by atoms with van der Waals surface area (Å²) in [4.78, 5) is 13.8. The van der Waals surface area contributed by atoms with Gasteiger partial charge in [-0.25, -0.2) is 21.9 Å². The van der Waals surface area contributed by atoms with Gasteiger partial charge in [-0.15, -0.1) is 0 Å². The van der Waals surface area contributed by atoms with Gasteiger partial charge in [0.25, 0.3) is 0 Å². The number of rotatable bonds is 9. The maximum Gasteiger partial charge on any atom is 0.240 e. The van der Waals surface area contributed by atoms with Crippen molar-refractivity contribution < 1.29 is 26.7 Å². The summed E-state index contributed by atoms with van der Waals surface area (Å²) in [5, 5.41) is 0. The maximum absolute atomic E-state index is 13.4. The fraction of sp³-hybridized carbons (Fsp3) is 0.350. The van der Waals surface area contributed by atoms with Gasteiger partial charge in [0.2, 0.25) is 15.9 Å². The molecule has 0 aliphatic heterocycles. The van der Waals surface area contributed by atoms with Crippen LogP contribution in [-0.4, -0.2) is 39.4 Å². The summed E-state index contributed by atoms with van der Waals surface area (Å²) in [5.41, 5.74) is 0.440. The minimum absolute atomic E-state index is 0.0666. The molecule has 0 fully saturated rings. The van der Waals surface area contributed by atoms with Gasteiger partial charge in [-0.1, -0.05) is 6.07 Å². The van der Waals surface area contributed by atoms with Crippen molar-refractivity contribution in [1.82, 2.24) is 9.62 Å². The number of benzene rings is 2. The van der Waals surface area contributed by atoms with Crippen LogP contribution in [-0.2, 0) is 14.8 Å². The van der Waals surface area contributed by atoms with E-state index in [2.05, 4.69) is 4.72 Å². The van der Waals surface area contributed by atoms with E-state index in [1.165, 1.54) is 30.1 Å². The second-order valence-corrected chi connectivity index (χ2v) is 8.17. The summed E-state index contributed by atoms with van der Waals surface area (Å²) in [6.07, 6.45) is -0.0826. The zero-order chi connectivity index (χ0) is 21.6. The molecule has 0 saturated carbocycles. The Hall–Kier alpha value is -2.52. The number of carbonyl (C=O) groups is 1. The molecule has 6 nitrogen and oxygen atoms in total. The molecule has 0 aliphatic rings. The lowest BCUT2D eigenvalue weighted by atomic mass is 10.1. The summed E-state index contributed by atoms with van der Waals surface area (Å²) >= 11 is 0. The first-order chi connectivity index (χ1) is 13.7. The highest BCUT2D eigenvalue weighted by Gasteiger charge is 2.20. The number of amides is 1. The second-order valence-electron chi connectivity index (χ2n) is 6.41. The van der Waals surface area contributed by atoms with E-state index >= 15 is 0 Å². The molecule has 1 N–H and O–H groups in total. The molecule has 1 unspecified atom stereocenters. The number of halogens is 2. The number of carbonyl (C=O) groups excluding carboxylic acids is 1. The Morgan fingerprint density at radius 2 is 1.79 bits per heavy atom. The van der Waals surface area contributed by atoms with Crippen LogP contribution in [0.25, 0.3) is 0 Å². The van der Waals surface area contributed by atoms with Gasteiger partial charge in [0.15, 0.2) is 11.6 Å². The van der Waals surface area contributed by atoms with Crippen LogP contribution >= 0.6 is 0 Å². The Morgan fingerprint density at radius 1 is 1.14 bits per heavy atom. The smallest absolute Gasteiger partial charge is 0.240 e. The molecule has 2 rings (SSSR count). The van der Waals surface area contributed by atoms with Crippen LogP contribution in [0.3, 0.4) is 0 Å². The van der Waals surface area contributed by atoms with Crippen molar-refractivity contribution in [1.29, 1.82) is 0 Å². The number of hydrogen-bond acceptors (Lipinski definition) is 4. The zero-order valence-electron chi connectivity index (χ0n) is 16.5. The van der Waals surface area contributed by atoms with E-state index in [-0.39, 0.29) is 23.8 Å². The molecule has 2 aromatic rings. The van der Waals surface area contributed by atoms with Crippen LogP contribution in [0, 0.1) is 11.6 Å². The minimum Gasteiger partial charge on any atom is -0.494 e. The third kappa shape index (κ3) is 5.98. The van der Waals surface area contributed by atoms with Gasteiger partial charge in [0.05, 0.1) is 17.5 Å². The Labute approximate surface area is 169 Å². The molecule has 158 valence electrons. The van der Waals surface area contributed by atoms with Crippen molar-refractivity contribution in [2.24, 2.45) is 0 Å². The Bertz CT molecular complexity index is 949. The fourth-order valence-corrected chi connectivity index (χ4v) is 3.68. The van der Waals surface area contributed by atoms with Crippen molar-refractivity contribution in [3.05, 3.63) is 59.7 Å². The van der Waals surface area contributed by atoms with Crippen LogP contribution in [0.4, 0.5) is 8.78 Å². The summed E-state index contributed by atoms with van der Waals surface area (Å²) in [6.45, 7) is 3.88. The topological polar surface area (TPSA) is 75.7 Å². The standard InChI is InChI=1S/C20H24F2N2O4S/c1-4-28-16-6-8-17(9-7-16)29(26,27)23-12-11-20(25)24(3)14(2)15-5-10-18(21)19(22)13-15/h5-10,13-14,23H,4,11-12H2,1-3H3. The van der Waals surface area contributed by atoms with Crippen LogP contribution < -0.4 is 9.46 Å². The van der Waals surface area contributed by atoms with Gasteiger partial charge in [0.1, 0.15) is 5.75 Å². The summed E-state index contributed by atoms with van der Waals surface area (Å²) in [5.74, 6) is -1.72. The number of nitrogens with one attached hydrogen (secondary N) is 1. The van der Waals surface area contributed by atoms with Crippen molar-refractivity contribution >= 4 is 15.9 Å². The lowest BCUT2D eigenvalue weighted by molar-refractivity contribution is -0.131. The number of ether oxygens (including phenoxy) is 1. The van der Waals surface area contributed by atoms with Gasteiger partial charge in [-0.3, -0.25) is 4.79 Å². The third-order valence-corrected chi connectivity index (χ3v) is 5.95. The van der Waals surface area contributed by atoms with Gasteiger partial charge in [-0.2, -0.15) is 0 Å². The molecular formula is C20H24F2N2O4S. The Kier molecular flexibility index (Phi) is 7.69. The first-order valence-corrected chi connectivity index (χ1v) is 10.6. The van der Waals surface area contributed by atoms with Gasteiger partial charge in [0, 0.05) is 20.0 Å². The van der Waals surface area contributed by atoms with Crippen molar-refractivity contribution in [3.63, 3.8) is 0 Å². The predicted octanol–water partition coefficient (Wildman–Crippen LogP) is 3.25. The van der Waals surface area contributed by atoms with E-state index in [0.29, 0.717) is 17.9 Å². The first kappa shape index (κ1) is 22.8. The lowest BCUT2D eigenvalue weighted by Gasteiger charge is -2.25. The summed E-state index contributed by atoms with van der Waals surface area (Å²) < 4.78 is 58.8. The summed E-state index contributed by atoms with van der Waals surface area (Å²) in [6, 6.07) is 8.91. The lowest BCUT2D eigenvalue weighted by Crippen LogP contribution is -2.33. The van der Waals surface area contributed by atoms with Gasteiger partial charge >= 0.3 is 0 Å². The third-order valence-electron chi connectivity index (χ3n) is 4.48. The average Bonchev–Trinajstić information content (AvgIpc) is 2.69. The second kappa shape index (κ2) is 9.80. The molecule has 0 bridgehead atoms. The highest BCUT2D eigenvalue weighted by molar-refractivity contribution is 7.89. The molecule has 2 aromatic carbocycles. The summed E-state index contributed by atoms with van der Waals surface area (Å²) in [7, 11) is -2.24. The maximum atomic E-state index is 13.4. The monoisotopic (exact) mass is 426 g/mol. The van der Waals surface area contributed by atoms with Crippen molar-refractivity contribution in [2.45, 2.75) is 31.2 Å². The normalized spacial score (nSPS) is 12.4. The average molecular weight is 426 g/mol. The Balaban J connectivity index is 1.92. The van der Waals surface area contributed by atoms with Crippen molar-refractivity contribution in [2.75, 3.05) is 20.2 Å². The van der Waals surface area contributed by atoms with E-state index < -0.39 is 27.7 Å². The largest absolute Gasteiger partial charge is 0.494 e. The number of nitrogens with zero attached hydrogens (tertiary/aromatic N) is 1. The van der Waals surface area contributed by atoms with Gasteiger partial charge < -0.3 is 9.64 Å². The molecule has 0 aliphatic carbocycles. The van der Waals surface area contributed by atoms with E-state index in [9.17, 15) is 22.0 Å². The van der Waals surface area contributed by atoms with E-state index in [0.717, 1.165) is 12.1 Å². The first-order valence-electron chi connectivity index (χ1n) is 9.09. The fourth-order valence-electron chi connectivity index (χ4n) is 2.65.